The number of ether oxygens (including phenoxy) is 4. The molecule has 0 spiro atoms. The molecule has 0 saturated carbocycles. The minimum Gasteiger partial charge on any atom is -0.491 e. The summed E-state index contributed by atoms with van der Waals surface area (Å²) in [5, 5.41) is 0. The second-order valence-electron chi connectivity index (χ2n) is 8.41. The van der Waals surface area contributed by atoms with Crippen molar-refractivity contribution in [2.75, 3.05) is 40.6 Å². The molecule has 0 heterocycles. The molecule has 0 saturated heterocycles. The second kappa shape index (κ2) is 14.4. The van der Waals surface area contributed by atoms with Crippen LogP contribution in [0.5, 0.6) is 11.5 Å². The molecular formula is C30H38O4. The monoisotopic (exact) mass is 462 g/mol. The molecule has 4 nitrogen and oxygen atoms in total. The summed E-state index contributed by atoms with van der Waals surface area (Å²) in [6, 6.07) is 23.5. The van der Waals surface area contributed by atoms with Crippen LogP contribution in [0.15, 0.2) is 66.7 Å². The van der Waals surface area contributed by atoms with Gasteiger partial charge in [-0.25, -0.2) is 0 Å². The molecule has 0 radical (unpaired) electrons. The Morgan fingerprint density at radius 2 is 1.12 bits per heavy atom. The highest BCUT2D eigenvalue weighted by Crippen LogP contribution is 2.32. The quantitative estimate of drug-likeness (QED) is 0.224. The molecule has 0 aliphatic rings. The fraction of sp³-hybridized carbons (Fsp3) is 0.400. The third-order valence-corrected chi connectivity index (χ3v) is 5.87. The van der Waals surface area contributed by atoms with Crippen molar-refractivity contribution in [3.63, 3.8) is 0 Å². The molecule has 0 unspecified atom stereocenters. The van der Waals surface area contributed by atoms with Crippen LogP contribution in [-0.2, 0) is 15.9 Å². The summed E-state index contributed by atoms with van der Waals surface area (Å²) in [4.78, 5) is 0. The van der Waals surface area contributed by atoms with Crippen molar-refractivity contribution in [3.05, 3.63) is 72.3 Å². The largest absolute Gasteiger partial charge is 0.491 e. The van der Waals surface area contributed by atoms with E-state index in [9.17, 15) is 0 Å². The van der Waals surface area contributed by atoms with E-state index in [-0.39, 0.29) is 0 Å². The van der Waals surface area contributed by atoms with Crippen LogP contribution in [0.4, 0.5) is 0 Å². The fourth-order valence-corrected chi connectivity index (χ4v) is 3.96. The van der Waals surface area contributed by atoms with E-state index in [4.69, 9.17) is 18.9 Å². The first-order valence-corrected chi connectivity index (χ1v) is 12.3. The number of hydrogen-bond donors (Lipinski definition) is 0. The molecule has 0 fully saturated rings. The van der Waals surface area contributed by atoms with Crippen molar-refractivity contribution in [3.8, 4) is 33.8 Å². The van der Waals surface area contributed by atoms with Crippen LogP contribution in [0.3, 0.4) is 0 Å². The summed E-state index contributed by atoms with van der Waals surface area (Å²) in [6.45, 7) is 4.55. The van der Waals surface area contributed by atoms with E-state index in [1.807, 2.05) is 24.3 Å². The number of unbranched alkanes of at least 4 members (excludes halogenated alkanes) is 3. The molecule has 4 heteroatoms. The SMILES string of the molecule is CCCCCCc1cc(-c2ccc(OCCOC)cc2)ccc1-c1ccc(OCCOC)cc1. The van der Waals surface area contributed by atoms with Gasteiger partial charge in [0, 0.05) is 14.2 Å². The average Bonchev–Trinajstić information content (AvgIpc) is 2.88. The van der Waals surface area contributed by atoms with Crippen LogP contribution in [0.1, 0.15) is 38.2 Å². The number of aryl methyl sites for hydroxylation is 1. The lowest BCUT2D eigenvalue weighted by Gasteiger charge is -2.14. The van der Waals surface area contributed by atoms with Gasteiger partial charge in [-0.05, 0) is 64.9 Å². The van der Waals surface area contributed by atoms with Crippen LogP contribution in [0.25, 0.3) is 22.3 Å². The van der Waals surface area contributed by atoms with Crippen molar-refractivity contribution in [2.45, 2.75) is 39.0 Å². The van der Waals surface area contributed by atoms with Crippen LogP contribution >= 0.6 is 0 Å². The highest BCUT2D eigenvalue weighted by atomic mass is 16.5. The predicted octanol–water partition coefficient (Wildman–Crippen LogP) is 7.19. The third kappa shape index (κ3) is 7.89. The molecule has 0 N–H and O–H groups in total. The van der Waals surface area contributed by atoms with Gasteiger partial charge >= 0.3 is 0 Å². The molecule has 0 bridgehead atoms. The Bertz CT molecular complexity index is 964. The maximum Gasteiger partial charge on any atom is 0.119 e. The minimum absolute atomic E-state index is 0.558. The maximum atomic E-state index is 5.73. The molecule has 3 rings (SSSR count). The van der Waals surface area contributed by atoms with Crippen molar-refractivity contribution in [1.82, 2.24) is 0 Å². The van der Waals surface area contributed by atoms with Gasteiger partial charge in [0.2, 0.25) is 0 Å². The fourth-order valence-electron chi connectivity index (χ4n) is 3.96. The van der Waals surface area contributed by atoms with Crippen molar-refractivity contribution in [1.29, 1.82) is 0 Å². The van der Waals surface area contributed by atoms with E-state index in [0.29, 0.717) is 26.4 Å². The van der Waals surface area contributed by atoms with Crippen LogP contribution in [0.2, 0.25) is 0 Å². The summed E-state index contributed by atoms with van der Waals surface area (Å²) in [7, 11) is 3.37. The normalized spacial score (nSPS) is 10.9. The van der Waals surface area contributed by atoms with Gasteiger partial charge in [0.25, 0.3) is 0 Å². The van der Waals surface area contributed by atoms with E-state index in [1.54, 1.807) is 14.2 Å². The topological polar surface area (TPSA) is 36.9 Å². The molecule has 0 amide bonds. The van der Waals surface area contributed by atoms with Gasteiger partial charge in [-0.15, -0.1) is 0 Å². The highest BCUT2D eigenvalue weighted by molar-refractivity contribution is 5.74. The van der Waals surface area contributed by atoms with Gasteiger partial charge in [0.1, 0.15) is 24.7 Å². The Morgan fingerprint density at radius 3 is 1.68 bits per heavy atom. The van der Waals surface area contributed by atoms with E-state index < -0.39 is 0 Å². The molecule has 182 valence electrons. The number of methoxy groups -OCH3 is 2. The summed E-state index contributed by atoms with van der Waals surface area (Å²) in [6.07, 6.45) is 6.07. The smallest absolute Gasteiger partial charge is 0.119 e. The van der Waals surface area contributed by atoms with E-state index >= 15 is 0 Å². The molecule has 0 atom stereocenters. The number of benzene rings is 3. The van der Waals surface area contributed by atoms with Gasteiger partial charge in [-0.1, -0.05) is 68.7 Å². The third-order valence-electron chi connectivity index (χ3n) is 5.87. The second-order valence-corrected chi connectivity index (χ2v) is 8.41. The first kappa shape index (κ1) is 25.8. The van der Waals surface area contributed by atoms with Crippen LogP contribution in [0, 0.1) is 0 Å². The van der Waals surface area contributed by atoms with Gasteiger partial charge in [0.05, 0.1) is 13.2 Å². The van der Waals surface area contributed by atoms with Crippen molar-refractivity contribution >= 4 is 0 Å². The van der Waals surface area contributed by atoms with E-state index in [0.717, 1.165) is 17.9 Å². The van der Waals surface area contributed by atoms with E-state index in [2.05, 4.69) is 49.4 Å². The number of rotatable bonds is 15. The first-order chi connectivity index (χ1) is 16.7. The lowest BCUT2D eigenvalue weighted by atomic mass is 9.92. The Labute approximate surface area is 204 Å². The Hall–Kier alpha value is -2.82. The predicted molar refractivity (Wildman–Crippen MR) is 140 cm³/mol. The molecule has 34 heavy (non-hydrogen) atoms. The number of hydrogen-bond acceptors (Lipinski definition) is 4. The van der Waals surface area contributed by atoms with Crippen molar-refractivity contribution < 1.29 is 18.9 Å². The molecule has 3 aromatic carbocycles. The lowest BCUT2D eigenvalue weighted by molar-refractivity contribution is 0.146. The van der Waals surface area contributed by atoms with Crippen LogP contribution in [-0.4, -0.2) is 40.6 Å². The Kier molecular flexibility index (Phi) is 11.0. The van der Waals surface area contributed by atoms with Gasteiger partial charge in [-0.2, -0.15) is 0 Å². The van der Waals surface area contributed by atoms with Crippen LogP contribution < -0.4 is 9.47 Å². The van der Waals surface area contributed by atoms with Gasteiger partial charge in [0.15, 0.2) is 0 Å². The zero-order valence-corrected chi connectivity index (χ0v) is 20.8. The standard InChI is InChI=1S/C30H38O4/c1-4-5-6-7-8-27-23-26(24-9-14-28(15-10-24)33-21-19-31-2)13-18-30(27)25-11-16-29(17-12-25)34-22-20-32-3/h9-18,23H,4-8,19-22H2,1-3H3. The molecule has 0 aromatic heterocycles. The molecule has 0 aliphatic carbocycles. The average molecular weight is 463 g/mol. The van der Waals surface area contributed by atoms with Gasteiger partial charge < -0.3 is 18.9 Å². The molecular weight excluding hydrogens is 424 g/mol. The van der Waals surface area contributed by atoms with E-state index in [1.165, 1.54) is 53.5 Å². The summed E-state index contributed by atoms with van der Waals surface area (Å²) in [5.41, 5.74) is 6.34. The summed E-state index contributed by atoms with van der Waals surface area (Å²) < 4.78 is 21.6. The molecule has 0 aliphatic heterocycles. The highest BCUT2D eigenvalue weighted by Gasteiger charge is 2.09. The zero-order chi connectivity index (χ0) is 24.0. The van der Waals surface area contributed by atoms with Crippen molar-refractivity contribution in [2.24, 2.45) is 0 Å². The Balaban J connectivity index is 1.79. The summed E-state index contributed by atoms with van der Waals surface area (Å²) >= 11 is 0. The first-order valence-electron chi connectivity index (χ1n) is 12.3. The maximum absolute atomic E-state index is 5.73. The summed E-state index contributed by atoms with van der Waals surface area (Å²) in [5.74, 6) is 1.74. The minimum atomic E-state index is 0.558. The van der Waals surface area contributed by atoms with Gasteiger partial charge in [-0.3, -0.25) is 0 Å². The zero-order valence-electron chi connectivity index (χ0n) is 20.8. The Morgan fingerprint density at radius 1 is 0.559 bits per heavy atom. The lowest BCUT2D eigenvalue weighted by Crippen LogP contribution is -2.04. The molecule has 3 aromatic rings.